The molecule has 1 heterocycles. The molecule has 0 atom stereocenters. The number of carbonyl (C=O) groups is 1. The fourth-order valence-corrected chi connectivity index (χ4v) is 1.72. The lowest BCUT2D eigenvalue weighted by molar-refractivity contribution is 0.0694. The highest BCUT2D eigenvalue weighted by Gasteiger charge is 2.14. The zero-order valence-electron chi connectivity index (χ0n) is 9.42. The molecule has 1 N–H and O–H groups in total. The van der Waals surface area contributed by atoms with Gasteiger partial charge in [-0.1, -0.05) is 15.9 Å². The van der Waals surface area contributed by atoms with Gasteiger partial charge in [-0.2, -0.15) is 0 Å². The van der Waals surface area contributed by atoms with Crippen LogP contribution < -0.4 is 4.74 Å². The van der Waals surface area contributed by atoms with Gasteiger partial charge in [-0.3, -0.25) is 4.98 Å². The molecule has 6 heteroatoms. The second kappa shape index (κ2) is 5.14. The maximum absolute atomic E-state index is 11.1. The number of aromatic carboxylic acids is 1. The van der Waals surface area contributed by atoms with Crippen molar-refractivity contribution in [1.29, 1.82) is 0 Å². The van der Waals surface area contributed by atoms with Crippen molar-refractivity contribution in [2.75, 3.05) is 0 Å². The van der Waals surface area contributed by atoms with Gasteiger partial charge in [0.2, 0.25) is 5.88 Å². The summed E-state index contributed by atoms with van der Waals surface area (Å²) in [5, 5.41) is 9.10. The van der Waals surface area contributed by atoms with Gasteiger partial charge in [0, 0.05) is 16.9 Å². The summed E-state index contributed by atoms with van der Waals surface area (Å²) in [5.41, 5.74) is 0.659. The van der Waals surface area contributed by atoms with E-state index in [2.05, 4.69) is 25.9 Å². The first-order chi connectivity index (χ1) is 8.58. The zero-order valence-corrected chi connectivity index (χ0v) is 11.0. The minimum Gasteiger partial charge on any atom is -0.478 e. The van der Waals surface area contributed by atoms with Crippen LogP contribution in [0.25, 0.3) is 0 Å². The Labute approximate surface area is 112 Å². The molecule has 0 aliphatic carbocycles. The molecular formula is C12H9BrN2O3. The first kappa shape index (κ1) is 12.5. The van der Waals surface area contributed by atoms with Gasteiger partial charge in [0.1, 0.15) is 11.3 Å². The van der Waals surface area contributed by atoms with Crippen molar-refractivity contribution in [1.82, 2.24) is 9.97 Å². The molecular weight excluding hydrogens is 300 g/mol. The standard InChI is InChI=1S/C12H9BrN2O3/c1-7-11(15-5-4-14-7)18-10-3-2-8(13)6-9(10)12(16)17/h2-6H,1H3,(H,16,17). The minimum absolute atomic E-state index is 0.0643. The van der Waals surface area contributed by atoms with Crippen LogP contribution in [-0.2, 0) is 0 Å². The van der Waals surface area contributed by atoms with E-state index in [9.17, 15) is 4.79 Å². The van der Waals surface area contributed by atoms with Crippen LogP contribution in [0.5, 0.6) is 11.6 Å². The first-order valence-electron chi connectivity index (χ1n) is 5.06. The predicted octanol–water partition coefficient (Wildman–Crippen LogP) is 3.04. The van der Waals surface area contributed by atoms with Gasteiger partial charge in [0.15, 0.2) is 0 Å². The Kier molecular flexibility index (Phi) is 3.57. The van der Waals surface area contributed by atoms with Crippen LogP contribution in [0.4, 0.5) is 0 Å². The normalized spacial score (nSPS) is 10.1. The molecule has 0 saturated carbocycles. The Morgan fingerprint density at radius 3 is 2.72 bits per heavy atom. The fraction of sp³-hybridized carbons (Fsp3) is 0.0833. The largest absolute Gasteiger partial charge is 0.478 e. The van der Waals surface area contributed by atoms with Gasteiger partial charge in [-0.15, -0.1) is 0 Å². The van der Waals surface area contributed by atoms with Crippen molar-refractivity contribution in [2.24, 2.45) is 0 Å². The molecule has 1 aromatic carbocycles. The highest BCUT2D eigenvalue weighted by molar-refractivity contribution is 9.10. The van der Waals surface area contributed by atoms with Crippen molar-refractivity contribution >= 4 is 21.9 Å². The van der Waals surface area contributed by atoms with E-state index >= 15 is 0 Å². The van der Waals surface area contributed by atoms with Crippen molar-refractivity contribution in [3.05, 3.63) is 46.3 Å². The molecule has 0 radical (unpaired) electrons. The average molecular weight is 309 g/mol. The number of aryl methyl sites for hydroxylation is 1. The van der Waals surface area contributed by atoms with Gasteiger partial charge >= 0.3 is 5.97 Å². The maximum atomic E-state index is 11.1. The lowest BCUT2D eigenvalue weighted by Gasteiger charge is -2.09. The fourth-order valence-electron chi connectivity index (χ4n) is 1.36. The molecule has 0 bridgehead atoms. The molecule has 18 heavy (non-hydrogen) atoms. The molecule has 2 aromatic rings. The molecule has 2 rings (SSSR count). The molecule has 0 spiro atoms. The Bertz CT molecular complexity index is 602. The number of nitrogens with zero attached hydrogens (tertiary/aromatic N) is 2. The molecule has 0 saturated heterocycles. The van der Waals surface area contributed by atoms with E-state index in [1.165, 1.54) is 12.3 Å². The number of ether oxygens (including phenoxy) is 1. The van der Waals surface area contributed by atoms with Crippen LogP contribution in [0, 0.1) is 6.92 Å². The Morgan fingerprint density at radius 1 is 1.33 bits per heavy atom. The number of carboxylic acid groups (broad SMARTS) is 1. The third kappa shape index (κ3) is 2.65. The Balaban J connectivity index is 2.41. The number of carboxylic acids is 1. The van der Waals surface area contributed by atoms with Crippen molar-refractivity contribution in [2.45, 2.75) is 6.92 Å². The third-order valence-electron chi connectivity index (χ3n) is 2.21. The molecule has 5 nitrogen and oxygen atoms in total. The van der Waals surface area contributed by atoms with Crippen LogP contribution in [0.15, 0.2) is 35.1 Å². The van der Waals surface area contributed by atoms with Gasteiger partial charge in [0.05, 0.1) is 5.69 Å². The van der Waals surface area contributed by atoms with E-state index in [1.54, 1.807) is 25.3 Å². The average Bonchev–Trinajstić information content (AvgIpc) is 2.34. The highest BCUT2D eigenvalue weighted by atomic mass is 79.9. The molecule has 1 aromatic heterocycles. The minimum atomic E-state index is -1.06. The van der Waals surface area contributed by atoms with Crippen molar-refractivity contribution in [3.63, 3.8) is 0 Å². The summed E-state index contributed by atoms with van der Waals surface area (Å²) in [6, 6.07) is 4.75. The maximum Gasteiger partial charge on any atom is 0.339 e. The van der Waals surface area contributed by atoms with Crippen LogP contribution in [0.3, 0.4) is 0 Å². The summed E-state index contributed by atoms with van der Waals surface area (Å²) in [6.45, 7) is 1.74. The zero-order chi connectivity index (χ0) is 13.1. The number of hydrogen-bond acceptors (Lipinski definition) is 4. The highest BCUT2D eigenvalue weighted by Crippen LogP contribution is 2.27. The number of halogens is 1. The van der Waals surface area contributed by atoms with Crippen LogP contribution in [-0.4, -0.2) is 21.0 Å². The second-order valence-electron chi connectivity index (χ2n) is 3.49. The number of benzene rings is 1. The Morgan fingerprint density at radius 2 is 2.06 bits per heavy atom. The number of aromatic nitrogens is 2. The van der Waals surface area contributed by atoms with Crippen LogP contribution in [0.2, 0.25) is 0 Å². The van der Waals surface area contributed by atoms with E-state index in [0.29, 0.717) is 16.0 Å². The molecule has 0 amide bonds. The summed E-state index contributed by atoms with van der Waals surface area (Å²) in [6.07, 6.45) is 3.03. The summed E-state index contributed by atoms with van der Waals surface area (Å²) in [5.74, 6) is -0.538. The smallest absolute Gasteiger partial charge is 0.339 e. The predicted molar refractivity (Wildman–Crippen MR) is 67.9 cm³/mol. The van der Waals surface area contributed by atoms with Crippen LogP contribution >= 0.6 is 15.9 Å². The SMILES string of the molecule is Cc1nccnc1Oc1ccc(Br)cc1C(=O)O. The molecule has 0 aliphatic heterocycles. The second-order valence-corrected chi connectivity index (χ2v) is 4.41. The van der Waals surface area contributed by atoms with E-state index in [1.807, 2.05) is 0 Å². The topological polar surface area (TPSA) is 72.3 Å². The number of hydrogen-bond donors (Lipinski definition) is 1. The van der Waals surface area contributed by atoms with Gasteiger partial charge < -0.3 is 9.84 Å². The summed E-state index contributed by atoms with van der Waals surface area (Å²) in [7, 11) is 0. The van der Waals surface area contributed by atoms with Gasteiger partial charge in [-0.05, 0) is 25.1 Å². The monoisotopic (exact) mass is 308 g/mol. The molecule has 0 fully saturated rings. The molecule has 0 unspecified atom stereocenters. The van der Waals surface area contributed by atoms with E-state index < -0.39 is 5.97 Å². The van der Waals surface area contributed by atoms with E-state index in [4.69, 9.17) is 9.84 Å². The van der Waals surface area contributed by atoms with E-state index in [0.717, 1.165) is 0 Å². The Hall–Kier alpha value is -1.95. The van der Waals surface area contributed by atoms with E-state index in [-0.39, 0.29) is 11.3 Å². The summed E-state index contributed by atoms with van der Waals surface area (Å²) in [4.78, 5) is 19.1. The van der Waals surface area contributed by atoms with Gasteiger partial charge in [0.25, 0.3) is 0 Å². The molecule has 0 aliphatic rings. The van der Waals surface area contributed by atoms with Crippen LogP contribution in [0.1, 0.15) is 16.1 Å². The lowest BCUT2D eigenvalue weighted by Crippen LogP contribution is -2.01. The quantitative estimate of drug-likeness (QED) is 0.943. The van der Waals surface area contributed by atoms with Crippen molar-refractivity contribution < 1.29 is 14.6 Å². The third-order valence-corrected chi connectivity index (χ3v) is 2.71. The summed E-state index contributed by atoms with van der Waals surface area (Å²) < 4.78 is 6.15. The lowest BCUT2D eigenvalue weighted by atomic mass is 10.2. The van der Waals surface area contributed by atoms with Crippen molar-refractivity contribution in [3.8, 4) is 11.6 Å². The molecule has 92 valence electrons. The summed E-state index contributed by atoms with van der Waals surface area (Å²) >= 11 is 3.22. The number of rotatable bonds is 3. The van der Waals surface area contributed by atoms with Gasteiger partial charge in [-0.25, -0.2) is 9.78 Å². The first-order valence-corrected chi connectivity index (χ1v) is 5.85.